The van der Waals surface area contributed by atoms with Gasteiger partial charge in [-0.05, 0) is 32.1 Å². The first-order chi connectivity index (χ1) is 31.0. The Labute approximate surface area is 390 Å². The zero-order valence-electron chi connectivity index (χ0n) is 40.7. The number of rotatable bonds is 45. The van der Waals surface area contributed by atoms with Crippen molar-refractivity contribution in [2.75, 3.05) is 19.0 Å². The minimum atomic E-state index is -4.60. The van der Waals surface area contributed by atoms with Gasteiger partial charge in [-0.3, -0.25) is 14.1 Å². The number of hydrogen-bond donors (Lipinski definition) is 4. The molecule has 4 N–H and O–H groups in total. The fraction of sp³-hybridized carbons (Fsp3) is 0.922. The summed E-state index contributed by atoms with van der Waals surface area (Å²) in [5.74, 6) is -1.97. The number of allylic oxidation sites excluding steroid dienone is 2. The normalized spacial score (nSPS) is 19.6. The minimum absolute atomic E-state index is 0.166. The average molecular weight is 933 g/mol. The van der Waals surface area contributed by atoms with Gasteiger partial charge in [-0.15, -0.1) is 0 Å². The van der Waals surface area contributed by atoms with Gasteiger partial charge in [-0.1, -0.05) is 212 Å². The monoisotopic (exact) mass is 933 g/mol. The van der Waals surface area contributed by atoms with Crippen LogP contribution in [0.25, 0.3) is 0 Å². The lowest BCUT2D eigenvalue weighted by atomic mass is 10.00. The molecule has 1 heterocycles. The van der Waals surface area contributed by atoms with Crippen LogP contribution in [-0.4, -0.2) is 96.0 Å². The summed E-state index contributed by atoms with van der Waals surface area (Å²) >= 11 is 0. The van der Waals surface area contributed by atoms with E-state index in [1.807, 2.05) is 0 Å². The van der Waals surface area contributed by atoms with Crippen LogP contribution in [0.15, 0.2) is 12.2 Å². The number of carbonyl (C=O) groups excluding carboxylic acids is 2. The number of aliphatic hydroxyl groups is 3. The van der Waals surface area contributed by atoms with Crippen molar-refractivity contribution in [2.45, 2.75) is 282 Å². The summed E-state index contributed by atoms with van der Waals surface area (Å²) in [6.07, 6.45) is 36.8. The molecule has 0 amide bonds. The highest BCUT2D eigenvalue weighted by Gasteiger charge is 2.46. The first kappa shape index (κ1) is 60.4. The van der Waals surface area contributed by atoms with Crippen molar-refractivity contribution in [3.05, 3.63) is 12.2 Å². The molecule has 1 saturated heterocycles. The van der Waals surface area contributed by atoms with Gasteiger partial charge in [0.1, 0.15) is 36.8 Å². The fourth-order valence-corrected chi connectivity index (χ4v) is 8.94. The van der Waals surface area contributed by atoms with Gasteiger partial charge < -0.3 is 34.3 Å². The number of aliphatic hydroxyl groups excluding tert-OH is 3. The Balaban J connectivity index is 2.33. The third-order valence-corrected chi connectivity index (χ3v) is 13.1. The molecule has 12 nitrogen and oxygen atoms in total. The van der Waals surface area contributed by atoms with E-state index in [1.54, 1.807) is 0 Å². The Morgan fingerprint density at radius 2 is 0.906 bits per heavy atom. The van der Waals surface area contributed by atoms with Crippen LogP contribution in [0.4, 0.5) is 0 Å². The van der Waals surface area contributed by atoms with Crippen LogP contribution in [0, 0.1) is 0 Å². The quantitative estimate of drug-likeness (QED) is 0.0196. The van der Waals surface area contributed by atoms with Crippen LogP contribution in [0.5, 0.6) is 0 Å². The SMILES string of the molecule is CCCC/C=C/CCCCCCCCCCCC(=O)O[C@H](COC(=O)CCCCCCCCCCCCCCCCCCCCCCC)CO[C@H]1O[C@H](CS(=O)(=O)O)[C@@H](O)C(O)C1O. The summed E-state index contributed by atoms with van der Waals surface area (Å²) in [7, 11) is -4.60. The maximum Gasteiger partial charge on any atom is 0.306 e. The van der Waals surface area contributed by atoms with Gasteiger partial charge in [0, 0.05) is 12.8 Å². The highest BCUT2D eigenvalue weighted by molar-refractivity contribution is 7.85. The second-order valence-corrected chi connectivity index (χ2v) is 20.0. The predicted molar refractivity (Wildman–Crippen MR) is 257 cm³/mol. The summed E-state index contributed by atoms with van der Waals surface area (Å²) in [4.78, 5) is 25.5. The molecule has 1 aliphatic heterocycles. The van der Waals surface area contributed by atoms with Crippen molar-refractivity contribution in [3.63, 3.8) is 0 Å². The van der Waals surface area contributed by atoms with Gasteiger partial charge in [0.25, 0.3) is 10.1 Å². The highest BCUT2D eigenvalue weighted by atomic mass is 32.2. The fourth-order valence-electron chi connectivity index (χ4n) is 8.25. The summed E-state index contributed by atoms with van der Waals surface area (Å²) in [6, 6.07) is 0. The van der Waals surface area contributed by atoms with Crippen molar-refractivity contribution in [3.8, 4) is 0 Å². The van der Waals surface area contributed by atoms with Crippen molar-refractivity contribution in [1.29, 1.82) is 0 Å². The summed E-state index contributed by atoms with van der Waals surface area (Å²) < 4.78 is 54.2. The molecule has 1 fully saturated rings. The van der Waals surface area contributed by atoms with Crippen LogP contribution in [0.3, 0.4) is 0 Å². The standard InChI is InChI=1S/C51H96O12S/c1-3-5-7-9-11-13-15-17-19-20-21-22-23-24-26-27-29-31-33-35-37-39-46(52)60-41-44(42-61-51-50(56)49(55)48(54)45(63-51)43-64(57,58)59)62-47(53)40-38-36-34-32-30-28-25-18-16-14-12-10-8-6-4-2/h10,12,44-45,48-51,54-56H,3-9,11,13-43H2,1-2H3,(H,57,58,59)/b12-10+/t44-,45-,48-,49?,50?,51+/m1/s1. The molecule has 0 radical (unpaired) electrons. The van der Waals surface area contributed by atoms with E-state index >= 15 is 0 Å². The molecule has 0 saturated carbocycles. The van der Waals surface area contributed by atoms with Gasteiger partial charge in [0.05, 0.1) is 6.61 Å². The zero-order chi connectivity index (χ0) is 46.9. The van der Waals surface area contributed by atoms with E-state index in [2.05, 4.69) is 26.0 Å². The molecule has 0 aromatic heterocycles. The van der Waals surface area contributed by atoms with E-state index in [-0.39, 0.29) is 19.4 Å². The van der Waals surface area contributed by atoms with E-state index in [0.717, 1.165) is 44.9 Å². The van der Waals surface area contributed by atoms with Crippen LogP contribution in [-0.2, 0) is 38.7 Å². The Morgan fingerprint density at radius 1 is 0.516 bits per heavy atom. The van der Waals surface area contributed by atoms with Gasteiger partial charge >= 0.3 is 11.9 Å². The lowest BCUT2D eigenvalue weighted by Gasteiger charge is -2.40. The Morgan fingerprint density at radius 3 is 1.34 bits per heavy atom. The van der Waals surface area contributed by atoms with Crippen LogP contribution < -0.4 is 0 Å². The highest BCUT2D eigenvalue weighted by Crippen LogP contribution is 2.24. The third-order valence-electron chi connectivity index (χ3n) is 12.3. The summed E-state index contributed by atoms with van der Waals surface area (Å²) in [5.41, 5.74) is 0. The van der Waals surface area contributed by atoms with Crippen molar-refractivity contribution >= 4 is 22.1 Å². The molecule has 0 bridgehead atoms. The minimum Gasteiger partial charge on any atom is -0.462 e. The van der Waals surface area contributed by atoms with E-state index in [9.17, 15) is 37.9 Å². The third kappa shape index (κ3) is 35.6. The first-order valence-electron chi connectivity index (χ1n) is 26.2. The molecule has 6 atom stereocenters. The number of carbonyl (C=O) groups is 2. The van der Waals surface area contributed by atoms with Gasteiger partial charge in [0.2, 0.25) is 0 Å². The second-order valence-electron chi connectivity index (χ2n) is 18.5. The van der Waals surface area contributed by atoms with Gasteiger partial charge in [-0.2, -0.15) is 8.42 Å². The Bertz CT molecular complexity index is 1230. The van der Waals surface area contributed by atoms with Crippen molar-refractivity contribution < 1.29 is 56.8 Å². The summed E-state index contributed by atoms with van der Waals surface area (Å²) in [6.45, 7) is 3.77. The average Bonchev–Trinajstić information content (AvgIpc) is 3.26. The van der Waals surface area contributed by atoms with E-state index < -0.39 is 71.2 Å². The number of esters is 2. The molecule has 0 aromatic carbocycles. The van der Waals surface area contributed by atoms with Gasteiger partial charge in [-0.25, -0.2) is 0 Å². The lowest BCUT2D eigenvalue weighted by Crippen LogP contribution is -2.60. The number of hydrogen-bond acceptors (Lipinski definition) is 11. The lowest BCUT2D eigenvalue weighted by molar-refractivity contribution is -0.297. The molecule has 1 rings (SSSR count). The predicted octanol–water partition coefficient (Wildman–Crippen LogP) is 11.8. The van der Waals surface area contributed by atoms with Crippen molar-refractivity contribution in [1.82, 2.24) is 0 Å². The number of ether oxygens (including phenoxy) is 4. The van der Waals surface area contributed by atoms with Crippen LogP contribution >= 0.6 is 0 Å². The topological polar surface area (TPSA) is 186 Å². The molecule has 64 heavy (non-hydrogen) atoms. The van der Waals surface area contributed by atoms with Crippen LogP contribution in [0.2, 0.25) is 0 Å². The largest absolute Gasteiger partial charge is 0.462 e. The molecular formula is C51H96O12S. The Kier molecular flexibility index (Phi) is 39.2. The molecular weight excluding hydrogens is 837 g/mol. The van der Waals surface area contributed by atoms with Gasteiger partial charge in [0.15, 0.2) is 12.4 Å². The molecule has 378 valence electrons. The molecule has 13 heteroatoms. The van der Waals surface area contributed by atoms with E-state index in [0.29, 0.717) is 12.8 Å². The second kappa shape index (κ2) is 41.6. The van der Waals surface area contributed by atoms with E-state index in [4.69, 9.17) is 18.9 Å². The molecule has 2 unspecified atom stereocenters. The Hall–Kier alpha value is -1.61. The van der Waals surface area contributed by atoms with Crippen molar-refractivity contribution in [2.24, 2.45) is 0 Å². The first-order valence-corrected chi connectivity index (χ1v) is 27.9. The molecule has 1 aliphatic rings. The molecule has 0 aliphatic carbocycles. The molecule has 0 spiro atoms. The maximum atomic E-state index is 12.9. The number of unbranched alkanes of at least 4 members (excludes halogenated alkanes) is 31. The zero-order valence-corrected chi connectivity index (χ0v) is 41.5. The van der Waals surface area contributed by atoms with Crippen LogP contribution in [0.1, 0.15) is 245 Å². The van der Waals surface area contributed by atoms with E-state index in [1.165, 1.54) is 161 Å². The maximum absolute atomic E-state index is 12.9. The summed E-state index contributed by atoms with van der Waals surface area (Å²) in [5, 5.41) is 31.0. The smallest absolute Gasteiger partial charge is 0.306 e. The molecule has 0 aromatic rings.